The molecule has 0 saturated heterocycles. The van der Waals surface area contributed by atoms with Gasteiger partial charge in [-0.1, -0.05) is 0 Å². The minimum Gasteiger partial charge on any atom is -0.328 e. The van der Waals surface area contributed by atoms with Crippen LogP contribution < -0.4 is 0 Å². The first-order valence-corrected chi connectivity index (χ1v) is 11.5. The molecule has 29 heavy (non-hydrogen) atoms. The maximum absolute atomic E-state index is 13.8. The predicted molar refractivity (Wildman–Crippen MR) is 106 cm³/mol. The Balaban J connectivity index is 6.02. The first-order chi connectivity index (χ1) is 13.5. The Bertz CT molecular complexity index is 403. The van der Waals surface area contributed by atoms with Crippen LogP contribution >= 0.6 is 7.82 Å². The van der Waals surface area contributed by atoms with Crippen molar-refractivity contribution in [1.29, 1.82) is 0 Å². The summed E-state index contributed by atoms with van der Waals surface area (Å²) in [5.41, 5.74) is 0. The molecule has 0 aromatic carbocycles. The van der Waals surface area contributed by atoms with Gasteiger partial charge < -0.3 is 28.4 Å². The number of phosphoric ester groups is 1. The average molecular weight is 446 g/mol. The van der Waals surface area contributed by atoms with E-state index in [1.807, 2.05) is 0 Å². The molecule has 0 aliphatic rings. The van der Waals surface area contributed by atoms with Crippen molar-refractivity contribution in [2.45, 2.75) is 80.2 Å². The third-order valence-corrected chi connectivity index (χ3v) is 4.94. The van der Waals surface area contributed by atoms with E-state index in [1.165, 1.54) is 20.8 Å². The SMILES string of the molecule is CCOC(C)(OCC)OP(=O)(OC(C)(OCC)OCC)OC(C)(OCC)OCC. The lowest BCUT2D eigenvalue weighted by Crippen LogP contribution is -2.42. The van der Waals surface area contributed by atoms with Crippen LogP contribution in [0.5, 0.6) is 0 Å². The van der Waals surface area contributed by atoms with Gasteiger partial charge in [-0.15, -0.1) is 0 Å². The topological polar surface area (TPSA) is 100 Å². The van der Waals surface area contributed by atoms with Gasteiger partial charge in [-0.2, -0.15) is 0 Å². The summed E-state index contributed by atoms with van der Waals surface area (Å²) in [4.78, 5) is 0. The molecule has 176 valence electrons. The number of rotatable bonds is 18. The fourth-order valence-electron chi connectivity index (χ4n) is 2.52. The van der Waals surface area contributed by atoms with Gasteiger partial charge in [0.2, 0.25) is 0 Å². The van der Waals surface area contributed by atoms with Crippen molar-refractivity contribution in [2.75, 3.05) is 39.6 Å². The standard InChI is InChI=1S/C18H39O10P/c1-10-20-16(7,21-11-2)26-29(19,27-17(8,22-12-3)23-13-4)28-18(9,24-14-5)25-15-6/h10-15H2,1-9H3. The van der Waals surface area contributed by atoms with Crippen molar-refractivity contribution in [3.63, 3.8) is 0 Å². The minimum atomic E-state index is -4.51. The third-order valence-electron chi connectivity index (χ3n) is 3.27. The fourth-order valence-corrected chi connectivity index (χ4v) is 4.17. The molecule has 0 fully saturated rings. The summed E-state index contributed by atoms with van der Waals surface area (Å²) in [6, 6.07) is 0. The minimum absolute atomic E-state index is 0.221. The molecule has 0 radical (unpaired) electrons. The van der Waals surface area contributed by atoms with Crippen molar-refractivity contribution in [3.05, 3.63) is 0 Å². The van der Waals surface area contributed by atoms with Gasteiger partial charge in [0.1, 0.15) is 0 Å². The van der Waals surface area contributed by atoms with E-state index in [1.54, 1.807) is 41.5 Å². The van der Waals surface area contributed by atoms with Gasteiger partial charge >= 0.3 is 7.82 Å². The van der Waals surface area contributed by atoms with Gasteiger partial charge in [0, 0.05) is 60.4 Å². The first-order valence-electron chi connectivity index (χ1n) is 10.0. The van der Waals surface area contributed by atoms with Gasteiger partial charge in [-0.25, -0.2) is 18.1 Å². The quantitative estimate of drug-likeness (QED) is 0.223. The molecular formula is C18H39O10P. The van der Waals surface area contributed by atoms with Crippen LogP contribution in [-0.4, -0.2) is 57.6 Å². The molecule has 0 bridgehead atoms. The summed E-state index contributed by atoms with van der Waals surface area (Å²) < 4.78 is 63.6. The Morgan fingerprint density at radius 2 is 0.655 bits per heavy atom. The molecule has 0 spiro atoms. The smallest absolute Gasteiger partial charge is 0.328 e. The zero-order valence-electron chi connectivity index (χ0n) is 19.3. The normalized spacial score (nSPS) is 13.8. The Hall–Kier alpha value is -0.130. The second-order valence-corrected chi connectivity index (χ2v) is 7.35. The summed E-state index contributed by atoms with van der Waals surface area (Å²) >= 11 is 0. The zero-order chi connectivity index (χ0) is 22.6. The van der Waals surface area contributed by atoms with Crippen molar-refractivity contribution in [3.8, 4) is 0 Å². The molecule has 0 atom stereocenters. The van der Waals surface area contributed by atoms with Crippen LogP contribution in [-0.2, 0) is 46.6 Å². The van der Waals surface area contributed by atoms with Crippen molar-refractivity contribution >= 4 is 7.82 Å². The molecule has 10 nitrogen and oxygen atoms in total. The summed E-state index contributed by atoms with van der Waals surface area (Å²) in [7, 11) is -4.51. The molecule has 0 aliphatic heterocycles. The van der Waals surface area contributed by atoms with Crippen molar-refractivity contribution in [1.82, 2.24) is 0 Å². The van der Waals surface area contributed by atoms with E-state index < -0.39 is 25.7 Å². The van der Waals surface area contributed by atoms with Gasteiger partial charge in [-0.05, 0) is 41.5 Å². The molecule has 11 heteroatoms. The van der Waals surface area contributed by atoms with Crippen LogP contribution in [0.4, 0.5) is 0 Å². The second kappa shape index (κ2) is 13.3. The highest BCUT2D eigenvalue weighted by Crippen LogP contribution is 2.59. The van der Waals surface area contributed by atoms with Crippen LogP contribution in [0.2, 0.25) is 0 Å². The molecule has 0 unspecified atom stereocenters. The lowest BCUT2D eigenvalue weighted by molar-refractivity contribution is -0.382. The largest absolute Gasteiger partial charge is 0.487 e. The van der Waals surface area contributed by atoms with Gasteiger partial charge in [0.15, 0.2) is 0 Å². The fraction of sp³-hybridized carbons (Fsp3) is 1.00. The highest BCUT2D eigenvalue weighted by Gasteiger charge is 2.50. The van der Waals surface area contributed by atoms with E-state index in [2.05, 4.69) is 0 Å². The van der Waals surface area contributed by atoms with Gasteiger partial charge in [0.05, 0.1) is 0 Å². The molecule has 0 rings (SSSR count). The van der Waals surface area contributed by atoms with Crippen LogP contribution in [0.25, 0.3) is 0 Å². The Labute approximate surface area is 175 Å². The molecular weight excluding hydrogens is 407 g/mol. The lowest BCUT2D eigenvalue weighted by Gasteiger charge is -2.38. The maximum Gasteiger partial charge on any atom is 0.487 e. The molecule has 0 aromatic heterocycles. The summed E-state index contributed by atoms with van der Waals surface area (Å²) in [5, 5.41) is 0. The van der Waals surface area contributed by atoms with E-state index in [9.17, 15) is 4.57 Å². The van der Waals surface area contributed by atoms with Gasteiger partial charge in [-0.3, -0.25) is 0 Å². The maximum atomic E-state index is 13.8. The highest BCUT2D eigenvalue weighted by atomic mass is 31.2. The molecule has 0 heterocycles. The number of ether oxygens (including phenoxy) is 6. The van der Waals surface area contributed by atoms with Gasteiger partial charge in [0.25, 0.3) is 17.9 Å². The Kier molecular flexibility index (Phi) is 13.3. The Morgan fingerprint density at radius 1 is 0.483 bits per heavy atom. The van der Waals surface area contributed by atoms with E-state index in [0.717, 1.165) is 0 Å². The summed E-state index contributed by atoms with van der Waals surface area (Å²) in [6.45, 7) is 16.1. The predicted octanol–water partition coefficient (Wildman–Crippen LogP) is 4.38. The number of hydrogen-bond acceptors (Lipinski definition) is 10. The van der Waals surface area contributed by atoms with E-state index in [0.29, 0.717) is 0 Å². The Morgan fingerprint density at radius 3 is 0.793 bits per heavy atom. The highest BCUT2D eigenvalue weighted by molar-refractivity contribution is 7.48. The van der Waals surface area contributed by atoms with Crippen LogP contribution in [0.3, 0.4) is 0 Å². The average Bonchev–Trinajstić information content (AvgIpc) is 2.54. The first kappa shape index (κ1) is 28.9. The van der Waals surface area contributed by atoms with Crippen molar-refractivity contribution < 1.29 is 46.6 Å². The second-order valence-electron chi connectivity index (χ2n) is 5.91. The molecule has 0 aliphatic carbocycles. The molecule has 0 amide bonds. The van der Waals surface area contributed by atoms with E-state index in [-0.39, 0.29) is 39.6 Å². The van der Waals surface area contributed by atoms with E-state index in [4.69, 9.17) is 42.0 Å². The molecule has 0 aromatic rings. The van der Waals surface area contributed by atoms with Crippen molar-refractivity contribution in [2.24, 2.45) is 0 Å². The summed E-state index contributed by atoms with van der Waals surface area (Å²) in [5.74, 6) is -5.17. The number of phosphoric acid groups is 1. The van der Waals surface area contributed by atoms with Crippen LogP contribution in [0, 0.1) is 0 Å². The monoisotopic (exact) mass is 446 g/mol. The van der Waals surface area contributed by atoms with Crippen LogP contribution in [0.15, 0.2) is 0 Å². The lowest BCUT2D eigenvalue weighted by atomic mass is 10.6. The zero-order valence-corrected chi connectivity index (χ0v) is 20.2. The molecule has 0 N–H and O–H groups in total. The summed E-state index contributed by atoms with van der Waals surface area (Å²) in [6.07, 6.45) is 0. The van der Waals surface area contributed by atoms with E-state index >= 15 is 0 Å². The third kappa shape index (κ3) is 10.6. The molecule has 0 saturated carbocycles. The van der Waals surface area contributed by atoms with Crippen LogP contribution in [0.1, 0.15) is 62.3 Å². The number of hydrogen-bond donors (Lipinski definition) is 0.